The molecule has 0 unspecified atom stereocenters. The molecule has 2 fully saturated rings. The zero-order chi connectivity index (χ0) is 40.1. The molecule has 58 heavy (non-hydrogen) atoms. The van der Waals surface area contributed by atoms with E-state index in [4.69, 9.17) is 10.8 Å². The zero-order valence-electron chi connectivity index (χ0n) is 33.1. The van der Waals surface area contributed by atoms with Crippen molar-refractivity contribution in [2.75, 3.05) is 49.9 Å². The molecule has 0 saturated carbocycles. The van der Waals surface area contributed by atoms with Crippen LogP contribution in [-0.2, 0) is 35.3 Å². The normalized spacial score (nSPS) is 16.6. The fraction of sp³-hybridized carbons (Fsp3) is 0.292. The molecule has 5 aromatic rings. The van der Waals surface area contributed by atoms with Crippen molar-refractivity contribution in [1.29, 1.82) is 10.8 Å². The van der Waals surface area contributed by atoms with Gasteiger partial charge in [-0.3, -0.25) is 20.4 Å². The highest BCUT2D eigenvalue weighted by Crippen LogP contribution is 2.23. The van der Waals surface area contributed by atoms with Crippen molar-refractivity contribution in [2.45, 2.75) is 50.6 Å². The number of rotatable bonds is 18. The van der Waals surface area contributed by atoms with Gasteiger partial charge in [-0.05, 0) is 79.0 Å². The van der Waals surface area contributed by atoms with Gasteiger partial charge in [-0.2, -0.15) is 0 Å². The van der Waals surface area contributed by atoms with Gasteiger partial charge >= 0.3 is 0 Å². The van der Waals surface area contributed by atoms with E-state index in [9.17, 15) is 9.59 Å². The van der Waals surface area contributed by atoms with E-state index < -0.39 is 0 Å². The van der Waals surface area contributed by atoms with Gasteiger partial charge in [-0.1, -0.05) is 127 Å². The predicted molar refractivity (Wildman–Crippen MR) is 233 cm³/mol. The molecule has 10 heteroatoms. The largest absolute Gasteiger partial charge is 0.338 e. The van der Waals surface area contributed by atoms with E-state index in [0.717, 1.165) is 51.6 Å². The molecular formula is C48H54N8O2. The Morgan fingerprint density at radius 2 is 0.862 bits per heavy atom. The molecule has 298 valence electrons. The van der Waals surface area contributed by atoms with E-state index >= 15 is 0 Å². The van der Waals surface area contributed by atoms with E-state index in [2.05, 4.69) is 93.2 Å². The molecule has 2 heterocycles. The van der Waals surface area contributed by atoms with Gasteiger partial charge in [0.15, 0.2) is 11.9 Å². The minimum atomic E-state index is -0.222. The van der Waals surface area contributed by atoms with E-state index in [-0.39, 0.29) is 37.0 Å². The second-order valence-electron chi connectivity index (χ2n) is 15.3. The van der Waals surface area contributed by atoms with Gasteiger partial charge in [0.1, 0.15) is 13.1 Å². The molecule has 0 spiro atoms. The SMILES string of the molecule is N=C1N(CC(=O)Nc2cccc(NC(=O)CN3C[C@H](Cc4ccccc4)N(CCCc4ccccc4)C3=N)c2)C[C@H](Cc2ccccc2)N1CCCc1ccccc1. The number of nitrogens with zero attached hydrogens (tertiary/aromatic N) is 4. The minimum Gasteiger partial charge on any atom is -0.338 e. The molecule has 0 aromatic heterocycles. The number of guanidine groups is 2. The molecule has 0 bridgehead atoms. The highest BCUT2D eigenvalue weighted by molar-refractivity contribution is 5.98. The number of hydrogen-bond acceptors (Lipinski definition) is 4. The van der Waals surface area contributed by atoms with Gasteiger partial charge in [-0.15, -0.1) is 0 Å². The molecule has 0 aliphatic carbocycles. The van der Waals surface area contributed by atoms with Gasteiger partial charge in [0, 0.05) is 37.6 Å². The second kappa shape index (κ2) is 19.6. The fourth-order valence-electron chi connectivity index (χ4n) is 8.18. The molecule has 4 N–H and O–H groups in total. The lowest BCUT2D eigenvalue weighted by Gasteiger charge is -2.25. The molecule has 2 aliphatic heterocycles. The zero-order valence-corrected chi connectivity index (χ0v) is 33.1. The van der Waals surface area contributed by atoms with Gasteiger partial charge < -0.3 is 30.2 Å². The maximum Gasteiger partial charge on any atom is 0.244 e. The van der Waals surface area contributed by atoms with Gasteiger partial charge in [0.25, 0.3) is 0 Å². The maximum absolute atomic E-state index is 13.4. The summed E-state index contributed by atoms with van der Waals surface area (Å²) in [7, 11) is 0. The molecule has 10 nitrogen and oxygen atoms in total. The number of carbonyl (C=O) groups is 2. The van der Waals surface area contributed by atoms with Gasteiger partial charge in [-0.25, -0.2) is 0 Å². The maximum atomic E-state index is 13.4. The lowest BCUT2D eigenvalue weighted by atomic mass is 10.0. The number of anilines is 2. The summed E-state index contributed by atoms with van der Waals surface area (Å²) in [6, 6.07) is 48.8. The molecule has 7 rings (SSSR count). The van der Waals surface area contributed by atoms with Crippen LogP contribution in [0.3, 0.4) is 0 Å². The lowest BCUT2D eigenvalue weighted by Crippen LogP contribution is -2.39. The first kappa shape index (κ1) is 39.8. The van der Waals surface area contributed by atoms with Crippen LogP contribution < -0.4 is 10.6 Å². The van der Waals surface area contributed by atoms with Crippen molar-refractivity contribution in [2.24, 2.45) is 0 Å². The molecule has 5 aromatic carbocycles. The Hall–Kier alpha value is -6.42. The molecule has 2 amide bonds. The average Bonchev–Trinajstić information content (AvgIpc) is 3.68. The van der Waals surface area contributed by atoms with E-state index in [1.165, 1.54) is 22.3 Å². The first-order chi connectivity index (χ1) is 28.4. The van der Waals surface area contributed by atoms with Crippen molar-refractivity contribution >= 4 is 35.1 Å². The summed E-state index contributed by atoms with van der Waals surface area (Å²) in [5.41, 5.74) is 6.11. The second-order valence-corrected chi connectivity index (χ2v) is 15.3. The van der Waals surface area contributed by atoms with Crippen molar-refractivity contribution < 1.29 is 9.59 Å². The number of hydrogen-bond donors (Lipinski definition) is 4. The summed E-state index contributed by atoms with van der Waals surface area (Å²) in [4.78, 5) is 34.9. The van der Waals surface area contributed by atoms with Crippen LogP contribution in [-0.4, -0.2) is 94.7 Å². The summed E-state index contributed by atoms with van der Waals surface area (Å²) in [6.07, 6.45) is 5.28. The average molecular weight is 775 g/mol. The van der Waals surface area contributed by atoms with Crippen LogP contribution >= 0.6 is 0 Å². The van der Waals surface area contributed by atoms with Crippen LogP contribution in [0.5, 0.6) is 0 Å². The number of aryl methyl sites for hydroxylation is 2. The smallest absolute Gasteiger partial charge is 0.244 e. The molecular weight excluding hydrogens is 721 g/mol. The van der Waals surface area contributed by atoms with E-state index in [1.54, 1.807) is 24.3 Å². The van der Waals surface area contributed by atoms with Crippen LogP contribution in [0.25, 0.3) is 0 Å². The van der Waals surface area contributed by atoms with Crippen molar-refractivity contribution in [1.82, 2.24) is 19.6 Å². The van der Waals surface area contributed by atoms with Crippen molar-refractivity contribution in [3.8, 4) is 0 Å². The summed E-state index contributed by atoms with van der Waals surface area (Å²) in [6.45, 7) is 2.76. The Morgan fingerprint density at radius 1 is 0.500 bits per heavy atom. The number of nitrogens with one attached hydrogen (secondary N) is 4. The first-order valence-corrected chi connectivity index (χ1v) is 20.4. The molecule has 2 atom stereocenters. The van der Waals surface area contributed by atoms with Crippen LogP contribution in [0, 0.1) is 10.8 Å². The summed E-state index contributed by atoms with van der Waals surface area (Å²) in [5.74, 6) is 0.303. The summed E-state index contributed by atoms with van der Waals surface area (Å²) in [5, 5.41) is 24.2. The Bertz CT molecular complexity index is 1970. The quantitative estimate of drug-likeness (QED) is 0.0751. The van der Waals surface area contributed by atoms with Gasteiger partial charge in [0.05, 0.1) is 12.1 Å². The monoisotopic (exact) mass is 774 g/mol. The third-order valence-corrected chi connectivity index (χ3v) is 11.0. The number of benzene rings is 5. The molecule has 2 saturated heterocycles. The van der Waals surface area contributed by atoms with E-state index in [1.807, 2.05) is 58.3 Å². The van der Waals surface area contributed by atoms with Crippen LogP contribution in [0.15, 0.2) is 146 Å². The standard InChI is InChI=1S/C48H54N8O2/c49-47-53(33-43(30-39-20-9-3-10-21-39)55(47)28-14-24-37-16-5-1-6-17-37)35-45(57)51-41-26-13-27-42(32-41)52-46(58)36-54-34-44(31-40-22-11-4-12-23-40)56(48(54)50)29-15-25-38-18-7-2-8-19-38/h1-13,16-23,26-27,32,43-44,49-50H,14-15,24-25,28-31,33-36H2,(H,51,57)(H,52,58)/t43-,44-/m0/s1. The van der Waals surface area contributed by atoms with Crippen LogP contribution in [0.2, 0.25) is 0 Å². The summed E-state index contributed by atoms with van der Waals surface area (Å²) < 4.78 is 0. The molecule has 2 aliphatic rings. The Balaban J connectivity index is 0.929. The first-order valence-electron chi connectivity index (χ1n) is 20.4. The minimum absolute atomic E-state index is 0.0545. The van der Waals surface area contributed by atoms with Gasteiger partial charge in [0.2, 0.25) is 11.8 Å². The molecule has 0 radical (unpaired) electrons. The Kier molecular flexibility index (Phi) is 13.5. The third-order valence-electron chi connectivity index (χ3n) is 11.0. The fourth-order valence-corrected chi connectivity index (χ4v) is 8.18. The third kappa shape index (κ3) is 10.9. The van der Waals surface area contributed by atoms with Crippen molar-refractivity contribution in [3.63, 3.8) is 0 Å². The van der Waals surface area contributed by atoms with Crippen LogP contribution in [0.4, 0.5) is 11.4 Å². The number of carbonyl (C=O) groups excluding carboxylic acids is 2. The van der Waals surface area contributed by atoms with Crippen LogP contribution in [0.1, 0.15) is 35.1 Å². The van der Waals surface area contributed by atoms with E-state index in [0.29, 0.717) is 36.4 Å². The highest BCUT2D eigenvalue weighted by atomic mass is 16.2. The summed E-state index contributed by atoms with van der Waals surface area (Å²) >= 11 is 0. The lowest BCUT2D eigenvalue weighted by molar-refractivity contribution is -0.117. The topological polar surface area (TPSA) is 119 Å². The number of amides is 2. The van der Waals surface area contributed by atoms with Crippen molar-refractivity contribution in [3.05, 3.63) is 168 Å². The predicted octanol–water partition coefficient (Wildman–Crippen LogP) is 7.16. The Morgan fingerprint density at radius 3 is 1.24 bits per heavy atom. The Labute approximate surface area is 342 Å². The highest BCUT2D eigenvalue weighted by Gasteiger charge is 2.36.